The van der Waals surface area contributed by atoms with Gasteiger partial charge >= 0.3 is 12.5 Å². The van der Waals surface area contributed by atoms with Crippen molar-refractivity contribution in [3.8, 4) is 0 Å². The van der Waals surface area contributed by atoms with Crippen LogP contribution in [0.25, 0.3) is 0 Å². The van der Waals surface area contributed by atoms with E-state index >= 15 is 0 Å². The molecule has 2 nitrogen and oxygen atoms in total. The molecule has 0 aliphatic carbocycles. The Kier molecular flexibility index (Phi) is 5.13. The molecule has 1 heterocycles. The third kappa shape index (κ3) is 2.72. The van der Waals surface area contributed by atoms with Crippen molar-refractivity contribution >= 4 is 0 Å². The number of halogens is 5. The summed E-state index contributed by atoms with van der Waals surface area (Å²) in [7, 11) is 0. The van der Waals surface area contributed by atoms with Gasteiger partial charge < -0.3 is 24.0 Å². The first kappa shape index (κ1) is 13.9. The maximum absolute atomic E-state index is 12.7. The lowest BCUT2D eigenvalue weighted by atomic mass is 10.5. The third-order valence-electron chi connectivity index (χ3n) is 1.96. The van der Waals surface area contributed by atoms with Gasteiger partial charge in [0.15, 0.2) is 6.67 Å². The topological polar surface area (TPSA) is 7.68 Å². The van der Waals surface area contributed by atoms with E-state index in [2.05, 4.69) is 0 Å². The molecule has 1 atom stereocenters. The lowest BCUT2D eigenvalue weighted by Gasteiger charge is -2.25. The van der Waals surface area contributed by atoms with Crippen molar-refractivity contribution in [3.05, 3.63) is 12.4 Å². The third-order valence-corrected chi connectivity index (χ3v) is 1.96. The molecule has 0 radical (unpaired) electrons. The summed E-state index contributed by atoms with van der Waals surface area (Å²) in [4.78, 5) is 1.11. The second kappa shape index (κ2) is 5.15. The van der Waals surface area contributed by atoms with E-state index in [-0.39, 0.29) is 30.6 Å². The van der Waals surface area contributed by atoms with Crippen molar-refractivity contribution in [2.45, 2.75) is 19.4 Å². The van der Waals surface area contributed by atoms with Gasteiger partial charge in [-0.25, -0.2) is 8.78 Å². The van der Waals surface area contributed by atoms with Gasteiger partial charge in [0.1, 0.15) is 6.20 Å². The number of nitrogens with zero attached hydrogens (tertiary/aromatic N) is 1. The van der Waals surface area contributed by atoms with Gasteiger partial charge in [0.25, 0.3) is 0 Å². The van der Waals surface area contributed by atoms with Gasteiger partial charge in [-0.15, -0.1) is 0 Å². The van der Waals surface area contributed by atoms with E-state index in [1.54, 1.807) is 6.92 Å². The van der Waals surface area contributed by atoms with Crippen LogP contribution in [-0.4, -0.2) is 30.6 Å². The Labute approximate surface area is 96.6 Å². The highest BCUT2D eigenvalue weighted by molar-refractivity contribution is 4.85. The van der Waals surface area contributed by atoms with Crippen molar-refractivity contribution in [1.82, 2.24) is 4.90 Å². The molecule has 0 aromatic heterocycles. The van der Waals surface area contributed by atoms with Gasteiger partial charge in [-0.1, -0.05) is 0 Å². The summed E-state index contributed by atoms with van der Waals surface area (Å²) >= 11 is 0. The fourth-order valence-corrected chi connectivity index (χ4v) is 1.08. The average Bonchev–Trinajstić information content (AvgIpc) is 2.51. The Morgan fingerprint density at radius 1 is 1.50 bits per heavy atom. The molecule has 84 valence electrons. The summed E-state index contributed by atoms with van der Waals surface area (Å²) < 4.78 is 49.1. The molecule has 1 rings (SSSR count). The van der Waals surface area contributed by atoms with Crippen molar-refractivity contribution in [3.63, 3.8) is 0 Å². The quantitative estimate of drug-likeness (QED) is 0.342. The first-order valence-electron chi connectivity index (χ1n) is 3.94. The van der Waals surface area contributed by atoms with Gasteiger partial charge in [-0.05, 0) is 6.92 Å². The monoisotopic (exact) mass is 326 g/mol. The summed E-state index contributed by atoms with van der Waals surface area (Å²) in [6.07, 6.45) is -1.17. The number of alkyl halides is 4. The van der Waals surface area contributed by atoms with Crippen molar-refractivity contribution in [1.29, 1.82) is 0 Å². The Bertz CT molecular complexity index is 210. The van der Waals surface area contributed by atoms with Crippen LogP contribution in [0.2, 0.25) is 0 Å². The van der Waals surface area contributed by atoms with Gasteiger partial charge in [0, 0.05) is 0 Å². The predicted molar refractivity (Wildman–Crippen MR) is 38.3 cm³/mol. The molecule has 0 aromatic rings. The van der Waals surface area contributed by atoms with Crippen LogP contribution in [0.15, 0.2) is 12.4 Å². The van der Waals surface area contributed by atoms with Gasteiger partial charge in [0.2, 0.25) is 0 Å². The van der Waals surface area contributed by atoms with Crippen LogP contribution >= 0.6 is 0 Å². The van der Waals surface area contributed by atoms with E-state index in [9.17, 15) is 17.6 Å². The largest absolute Gasteiger partial charge is 1.00 e. The summed E-state index contributed by atoms with van der Waals surface area (Å²) in [6.45, 7) is 2.30. The van der Waals surface area contributed by atoms with Crippen LogP contribution in [-0.2, 0) is 0 Å². The van der Waals surface area contributed by atoms with Crippen molar-refractivity contribution in [2.24, 2.45) is 0 Å². The molecule has 0 spiro atoms. The smallest absolute Gasteiger partial charge is 0.389 e. The van der Waals surface area contributed by atoms with Crippen LogP contribution in [0.3, 0.4) is 0 Å². The first-order chi connectivity index (χ1) is 5.98. The van der Waals surface area contributed by atoms with E-state index in [1.165, 1.54) is 6.20 Å². The zero-order valence-corrected chi connectivity index (χ0v) is 9.64. The normalized spacial score (nSPS) is 21.6. The van der Waals surface area contributed by atoms with Gasteiger partial charge in [-0.3, -0.25) is 9.80 Å². The highest BCUT2D eigenvalue weighted by Gasteiger charge is 2.48. The molecule has 0 amide bonds. The van der Waals surface area contributed by atoms with Gasteiger partial charge in [-0.2, -0.15) is 8.78 Å². The lowest BCUT2D eigenvalue weighted by molar-refractivity contribution is -0.849. The van der Waals surface area contributed by atoms with Gasteiger partial charge in [0.05, 0.1) is 12.7 Å². The van der Waals surface area contributed by atoms with E-state index < -0.39 is 12.5 Å². The number of hydrogen-bond donors (Lipinski definition) is 1. The minimum absolute atomic E-state index is 0. The molecule has 0 saturated heterocycles. The molecule has 14 heavy (non-hydrogen) atoms. The Morgan fingerprint density at radius 3 is 2.43 bits per heavy atom. The van der Waals surface area contributed by atoms with Crippen LogP contribution in [0.4, 0.5) is 17.6 Å². The number of nitrogens with one attached hydrogen (secondary N) is 1. The van der Waals surface area contributed by atoms with E-state index in [0.29, 0.717) is 11.4 Å². The number of hydrogen-bond acceptors (Lipinski definition) is 1. The fraction of sp³-hybridized carbons (Fsp3) is 0.714. The average molecular weight is 326 g/mol. The van der Waals surface area contributed by atoms with Crippen LogP contribution in [0.1, 0.15) is 6.92 Å². The zero-order chi connectivity index (χ0) is 10.1. The Hall–Kier alpha value is -0.0500. The van der Waals surface area contributed by atoms with Crippen LogP contribution < -0.4 is 28.9 Å². The summed E-state index contributed by atoms with van der Waals surface area (Å²) in [5.74, 6) is 0. The maximum atomic E-state index is 12.7. The first-order valence-corrected chi connectivity index (χ1v) is 3.94. The molecular formula is C7H11F4IN2. The molecule has 1 N–H and O–H groups in total. The highest BCUT2D eigenvalue weighted by Crippen LogP contribution is 2.27. The van der Waals surface area contributed by atoms with Crippen LogP contribution in [0.5, 0.6) is 0 Å². The molecule has 0 saturated carbocycles. The van der Waals surface area contributed by atoms with Crippen molar-refractivity contribution < 1.29 is 46.4 Å². The van der Waals surface area contributed by atoms with E-state index in [1.807, 2.05) is 0 Å². The highest BCUT2D eigenvalue weighted by atomic mass is 127. The molecule has 1 aliphatic rings. The zero-order valence-electron chi connectivity index (χ0n) is 7.48. The summed E-state index contributed by atoms with van der Waals surface area (Å²) in [5.41, 5.74) is 0. The molecule has 1 aliphatic heterocycles. The number of quaternary nitrogens is 1. The maximum Gasteiger partial charge on any atom is 0.389 e. The molecule has 0 fully saturated rings. The lowest BCUT2D eigenvalue weighted by Crippen LogP contribution is -3.07. The molecule has 0 aromatic carbocycles. The molecule has 7 heteroatoms. The minimum Gasteiger partial charge on any atom is -1.00 e. The van der Waals surface area contributed by atoms with E-state index in [4.69, 9.17) is 0 Å². The molecule has 1 unspecified atom stereocenters. The summed E-state index contributed by atoms with van der Waals surface area (Å²) in [6, 6.07) is -4.05. The van der Waals surface area contributed by atoms with Crippen LogP contribution in [0, 0.1) is 0 Å². The standard InChI is InChI=1S/C7H10F4N2.HI/c1-2-12-3-4-13(5-12)7(10,11)6(8)9;/h3-4,6H,2,5H2,1H3;1H. The predicted octanol–water partition coefficient (Wildman–Crippen LogP) is -2.50. The number of rotatable bonds is 3. The van der Waals surface area contributed by atoms with E-state index in [0.717, 1.165) is 11.1 Å². The second-order valence-electron chi connectivity index (χ2n) is 2.84. The Morgan fingerprint density at radius 2 is 2.07 bits per heavy atom. The minimum atomic E-state index is -4.05. The van der Waals surface area contributed by atoms with Crippen molar-refractivity contribution in [2.75, 3.05) is 13.2 Å². The SMILES string of the molecule is CC[NH+]1C=CN(C(F)(F)C(F)F)C1.[I-]. The second-order valence-corrected chi connectivity index (χ2v) is 2.84. The molecule has 0 bridgehead atoms. The molecular weight excluding hydrogens is 315 g/mol. The Balaban J connectivity index is 0.00000169. The summed E-state index contributed by atoms with van der Waals surface area (Å²) in [5, 5.41) is 0. The fourth-order valence-electron chi connectivity index (χ4n) is 1.08.